The number of piperidine rings is 2. The Labute approximate surface area is 192 Å². The third-order valence-corrected chi connectivity index (χ3v) is 9.36. The fraction of sp³-hybridized carbons (Fsp3) is 0.708. The largest absolute Gasteiger partial charge is 0.497 e. The van der Waals surface area contributed by atoms with E-state index in [4.69, 9.17) is 4.74 Å². The zero-order chi connectivity index (χ0) is 22.6. The highest BCUT2D eigenvalue weighted by Gasteiger charge is 2.33. The van der Waals surface area contributed by atoms with Crippen molar-refractivity contribution < 1.29 is 17.9 Å². The molecule has 0 aromatic heterocycles. The quantitative estimate of drug-likeness (QED) is 0.673. The molecule has 1 aromatic rings. The first-order chi connectivity index (χ1) is 15.5. The second-order valence-electron chi connectivity index (χ2n) is 9.59. The number of carbonyl (C=O) groups is 1. The molecule has 0 bridgehead atoms. The lowest BCUT2D eigenvalue weighted by molar-refractivity contribution is -0.127. The van der Waals surface area contributed by atoms with Gasteiger partial charge in [0, 0.05) is 44.7 Å². The topological polar surface area (TPSA) is 79.0 Å². The zero-order valence-corrected chi connectivity index (χ0v) is 20.0. The minimum Gasteiger partial charge on any atom is -0.497 e. The van der Waals surface area contributed by atoms with Gasteiger partial charge in [0.05, 0.1) is 12.0 Å². The second kappa shape index (κ2) is 10.5. The van der Waals surface area contributed by atoms with E-state index in [0.29, 0.717) is 31.7 Å². The summed E-state index contributed by atoms with van der Waals surface area (Å²) in [6.45, 7) is 4.13. The molecule has 178 valence electrons. The highest BCUT2D eigenvalue weighted by molar-refractivity contribution is 7.89. The first-order valence-electron chi connectivity index (χ1n) is 12.1. The summed E-state index contributed by atoms with van der Waals surface area (Å²) in [5, 5.41) is 3.25. The SMILES string of the molecule is COc1ccc(S(=O)(=O)N2CCC(C(=O)NC3CCN(CC4CCCC4)CC3)CC2)cc1. The van der Waals surface area contributed by atoms with Gasteiger partial charge in [-0.05, 0) is 68.7 Å². The molecule has 1 saturated carbocycles. The molecule has 0 spiro atoms. The normalized spacial score (nSPS) is 22.8. The van der Waals surface area contributed by atoms with Gasteiger partial charge in [-0.2, -0.15) is 4.31 Å². The van der Waals surface area contributed by atoms with Gasteiger partial charge in [-0.3, -0.25) is 4.79 Å². The Morgan fingerprint density at radius 1 is 0.969 bits per heavy atom. The fourth-order valence-electron chi connectivity index (χ4n) is 5.39. The molecule has 1 N–H and O–H groups in total. The van der Waals surface area contributed by atoms with E-state index < -0.39 is 10.0 Å². The van der Waals surface area contributed by atoms with Gasteiger partial charge in [-0.15, -0.1) is 0 Å². The van der Waals surface area contributed by atoms with Gasteiger partial charge in [0.2, 0.25) is 15.9 Å². The Morgan fingerprint density at radius 2 is 1.59 bits per heavy atom. The van der Waals surface area contributed by atoms with E-state index in [2.05, 4.69) is 10.2 Å². The Bertz CT molecular complexity index is 852. The molecule has 3 aliphatic rings. The van der Waals surface area contributed by atoms with Crippen molar-refractivity contribution in [3.63, 3.8) is 0 Å². The first kappa shape index (κ1) is 23.5. The highest BCUT2D eigenvalue weighted by Crippen LogP contribution is 2.27. The summed E-state index contributed by atoms with van der Waals surface area (Å²) < 4.78 is 32.4. The van der Waals surface area contributed by atoms with Crippen LogP contribution >= 0.6 is 0 Å². The molecule has 2 saturated heterocycles. The second-order valence-corrected chi connectivity index (χ2v) is 11.5. The third-order valence-electron chi connectivity index (χ3n) is 7.45. The van der Waals surface area contributed by atoms with Crippen LogP contribution in [0.4, 0.5) is 0 Å². The van der Waals surface area contributed by atoms with E-state index in [9.17, 15) is 13.2 Å². The molecule has 1 amide bonds. The summed E-state index contributed by atoms with van der Waals surface area (Å²) in [5.41, 5.74) is 0. The smallest absolute Gasteiger partial charge is 0.243 e. The average Bonchev–Trinajstić information content (AvgIpc) is 3.33. The number of amides is 1. The standard InChI is InChI=1S/C24H37N3O4S/c1-31-22-6-8-23(9-7-22)32(29,30)27-16-10-20(11-17-27)24(28)25-21-12-14-26(15-13-21)18-19-4-2-3-5-19/h6-9,19-21H,2-5,10-18H2,1H3,(H,25,28). The molecule has 0 atom stereocenters. The summed E-state index contributed by atoms with van der Waals surface area (Å²) in [4.78, 5) is 15.7. The van der Waals surface area contributed by atoms with Crippen molar-refractivity contribution in [3.8, 4) is 5.75 Å². The molecule has 0 radical (unpaired) electrons. The summed E-state index contributed by atoms with van der Waals surface area (Å²) >= 11 is 0. The van der Waals surface area contributed by atoms with Crippen molar-refractivity contribution >= 4 is 15.9 Å². The number of nitrogens with zero attached hydrogens (tertiary/aromatic N) is 2. The average molecular weight is 464 g/mol. The summed E-state index contributed by atoms with van der Waals surface area (Å²) in [6, 6.07) is 6.72. The lowest BCUT2D eigenvalue weighted by atomic mass is 9.95. The van der Waals surface area contributed by atoms with Crippen molar-refractivity contribution in [2.24, 2.45) is 11.8 Å². The molecule has 1 aliphatic carbocycles. The van der Waals surface area contributed by atoms with Crippen LogP contribution in [0.1, 0.15) is 51.4 Å². The molecule has 3 fully saturated rings. The molecule has 2 aliphatic heterocycles. The van der Waals surface area contributed by atoms with Gasteiger partial charge in [-0.1, -0.05) is 12.8 Å². The third kappa shape index (κ3) is 5.64. The number of likely N-dealkylation sites (tertiary alicyclic amines) is 1. The van der Waals surface area contributed by atoms with E-state index in [1.165, 1.54) is 36.5 Å². The molecule has 7 nitrogen and oxygen atoms in total. The van der Waals surface area contributed by atoms with Gasteiger partial charge in [0.15, 0.2) is 0 Å². The van der Waals surface area contributed by atoms with Crippen LogP contribution in [0.2, 0.25) is 0 Å². The maximum absolute atomic E-state index is 12.9. The highest BCUT2D eigenvalue weighted by atomic mass is 32.2. The number of sulfonamides is 1. The van der Waals surface area contributed by atoms with E-state index in [-0.39, 0.29) is 22.8 Å². The van der Waals surface area contributed by atoms with E-state index in [1.54, 1.807) is 31.4 Å². The molecular formula is C24H37N3O4S. The van der Waals surface area contributed by atoms with Gasteiger partial charge < -0.3 is 15.0 Å². The Kier molecular flexibility index (Phi) is 7.74. The van der Waals surface area contributed by atoms with Crippen molar-refractivity contribution in [2.75, 3.05) is 39.8 Å². The van der Waals surface area contributed by atoms with E-state index >= 15 is 0 Å². The number of nitrogens with one attached hydrogen (secondary N) is 1. The maximum atomic E-state index is 12.9. The maximum Gasteiger partial charge on any atom is 0.243 e. The molecular weight excluding hydrogens is 426 g/mol. The Morgan fingerprint density at radius 3 is 2.19 bits per heavy atom. The monoisotopic (exact) mass is 463 g/mol. The number of ether oxygens (including phenoxy) is 1. The lowest BCUT2D eigenvalue weighted by Crippen LogP contribution is -2.49. The molecule has 0 unspecified atom stereocenters. The number of rotatable bonds is 7. The summed E-state index contributed by atoms with van der Waals surface area (Å²) in [7, 11) is -1.98. The first-order valence-corrected chi connectivity index (χ1v) is 13.6. The number of benzene rings is 1. The van der Waals surface area contributed by atoms with Gasteiger partial charge in [0.25, 0.3) is 0 Å². The predicted octanol–water partition coefficient (Wildman–Crippen LogP) is 2.87. The van der Waals surface area contributed by atoms with Crippen molar-refractivity contribution in [1.82, 2.24) is 14.5 Å². The Balaban J connectivity index is 1.21. The molecule has 4 rings (SSSR count). The van der Waals surface area contributed by atoms with Crippen LogP contribution < -0.4 is 10.1 Å². The van der Waals surface area contributed by atoms with Gasteiger partial charge in [0.1, 0.15) is 5.75 Å². The van der Waals surface area contributed by atoms with Crippen LogP contribution in [0.25, 0.3) is 0 Å². The molecule has 2 heterocycles. The van der Waals surface area contributed by atoms with E-state index in [1.807, 2.05) is 0 Å². The van der Waals surface area contributed by atoms with Crippen LogP contribution in [0.3, 0.4) is 0 Å². The van der Waals surface area contributed by atoms with Gasteiger partial charge >= 0.3 is 0 Å². The molecule has 8 heteroatoms. The minimum atomic E-state index is -3.54. The van der Waals surface area contributed by atoms with Crippen LogP contribution in [-0.4, -0.2) is 69.4 Å². The Hall–Kier alpha value is -1.64. The number of carbonyl (C=O) groups excluding carboxylic acids is 1. The summed E-state index contributed by atoms with van der Waals surface area (Å²) in [5.74, 6) is 1.50. The zero-order valence-electron chi connectivity index (χ0n) is 19.2. The minimum absolute atomic E-state index is 0.0979. The lowest BCUT2D eigenvalue weighted by Gasteiger charge is -2.35. The fourth-order valence-corrected chi connectivity index (χ4v) is 6.86. The summed E-state index contributed by atoms with van der Waals surface area (Å²) in [6.07, 6.45) is 8.71. The van der Waals surface area contributed by atoms with Crippen LogP contribution in [0.5, 0.6) is 5.75 Å². The predicted molar refractivity (Wildman–Crippen MR) is 124 cm³/mol. The van der Waals surface area contributed by atoms with Crippen molar-refractivity contribution in [2.45, 2.75) is 62.3 Å². The molecule has 1 aromatic carbocycles. The number of hydrogen-bond donors (Lipinski definition) is 1. The number of hydrogen-bond acceptors (Lipinski definition) is 5. The van der Waals surface area contributed by atoms with Crippen LogP contribution in [0, 0.1) is 11.8 Å². The van der Waals surface area contributed by atoms with Crippen molar-refractivity contribution in [1.29, 1.82) is 0 Å². The van der Waals surface area contributed by atoms with E-state index in [0.717, 1.165) is 31.8 Å². The molecule has 32 heavy (non-hydrogen) atoms. The van der Waals surface area contributed by atoms with Crippen LogP contribution in [-0.2, 0) is 14.8 Å². The number of methoxy groups -OCH3 is 1. The van der Waals surface area contributed by atoms with Crippen molar-refractivity contribution in [3.05, 3.63) is 24.3 Å². The van der Waals surface area contributed by atoms with Crippen LogP contribution in [0.15, 0.2) is 29.2 Å². The van der Waals surface area contributed by atoms with Gasteiger partial charge in [-0.25, -0.2) is 8.42 Å².